The molecule has 0 saturated carbocycles. The molecule has 0 unspecified atom stereocenters. The molecule has 0 aliphatic carbocycles. The first-order valence-corrected chi connectivity index (χ1v) is 10.2. The Morgan fingerprint density at radius 3 is 2.34 bits per heavy atom. The quantitative estimate of drug-likeness (QED) is 0.745. The minimum absolute atomic E-state index is 0.0785. The van der Waals surface area contributed by atoms with Crippen LogP contribution in [-0.4, -0.2) is 54.3 Å². The molecule has 2 aromatic carbocycles. The summed E-state index contributed by atoms with van der Waals surface area (Å²) in [5.41, 5.74) is 2.08. The van der Waals surface area contributed by atoms with Gasteiger partial charge in [-0.3, -0.25) is 14.5 Å². The average Bonchev–Trinajstić information content (AvgIpc) is 2.73. The van der Waals surface area contributed by atoms with Crippen molar-refractivity contribution in [3.63, 3.8) is 0 Å². The van der Waals surface area contributed by atoms with Crippen molar-refractivity contribution in [2.24, 2.45) is 0 Å². The van der Waals surface area contributed by atoms with Crippen molar-refractivity contribution in [3.8, 4) is 0 Å². The normalized spacial score (nSPS) is 14.6. The summed E-state index contributed by atoms with van der Waals surface area (Å²) in [4.78, 5) is 28.5. The topological polar surface area (TPSA) is 52.7 Å². The van der Waals surface area contributed by atoms with Crippen LogP contribution in [0.25, 0.3) is 0 Å². The van der Waals surface area contributed by atoms with Gasteiger partial charge in [0.25, 0.3) is 0 Å². The monoisotopic (exact) mass is 397 g/mol. The summed E-state index contributed by atoms with van der Waals surface area (Å²) in [5, 5.41) is 2.79. The molecule has 0 radical (unpaired) electrons. The van der Waals surface area contributed by atoms with Gasteiger partial charge >= 0.3 is 0 Å². The summed E-state index contributed by atoms with van der Waals surface area (Å²) in [7, 11) is 0. The maximum absolute atomic E-state index is 13.1. The molecule has 5 nitrogen and oxygen atoms in total. The Kier molecular flexibility index (Phi) is 7.76. The van der Waals surface area contributed by atoms with Crippen LogP contribution in [0.5, 0.6) is 0 Å². The van der Waals surface area contributed by atoms with E-state index in [0.717, 1.165) is 38.3 Å². The van der Waals surface area contributed by atoms with Crippen molar-refractivity contribution >= 4 is 11.8 Å². The second kappa shape index (κ2) is 10.7. The van der Waals surface area contributed by atoms with E-state index in [0.29, 0.717) is 19.4 Å². The Bertz CT molecular complexity index is 805. The fraction of sp³-hybridized carbons (Fsp3) is 0.391. The van der Waals surface area contributed by atoms with Gasteiger partial charge in [-0.1, -0.05) is 42.5 Å². The lowest BCUT2D eigenvalue weighted by Crippen LogP contribution is -2.48. The van der Waals surface area contributed by atoms with Crippen LogP contribution in [-0.2, 0) is 22.6 Å². The highest BCUT2D eigenvalue weighted by Crippen LogP contribution is 2.09. The minimum atomic E-state index is -0.294. The first kappa shape index (κ1) is 21.0. The number of carbonyl (C=O) groups is 2. The predicted octanol–water partition coefficient (Wildman–Crippen LogP) is 2.61. The summed E-state index contributed by atoms with van der Waals surface area (Å²) < 4.78 is 13.1. The third-order valence-corrected chi connectivity index (χ3v) is 5.16. The molecule has 1 fully saturated rings. The largest absolute Gasteiger partial charge is 0.356 e. The Labute approximate surface area is 171 Å². The number of benzene rings is 2. The standard InChI is InChI=1S/C23H28FN3O2/c24-21-8-4-7-19(17-21)9-10-22(28)25-12-11-23(29)27-15-13-26(14-16-27)18-20-5-2-1-3-6-20/h1-8,17H,9-16,18H2,(H,25,28). The van der Waals surface area contributed by atoms with Gasteiger partial charge < -0.3 is 10.2 Å². The Morgan fingerprint density at radius 1 is 0.897 bits per heavy atom. The molecule has 1 aliphatic rings. The molecule has 2 amide bonds. The molecule has 0 atom stereocenters. The van der Waals surface area contributed by atoms with Crippen LogP contribution in [0.4, 0.5) is 4.39 Å². The highest BCUT2D eigenvalue weighted by atomic mass is 19.1. The highest BCUT2D eigenvalue weighted by molar-refractivity contribution is 5.79. The number of hydrogen-bond acceptors (Lipinski definition) is 3. The lowest BCUT2D eigenvalue weighted by atomic mass is 10.1. The molecule has 29 heavy (non-hydrogen) atoms. The van der Waals surface area contributed by atoms with Crippen LogP contribution in [0.1, 0.15) is 24.0 Å². The highest BCUT2D eigenvalue weighted by Gasteiger charge is 2.20. The first-order valence-electron chi connectivity index (χ1n) is 10.2. The van der Waals surface area contributed by atoms with Crippen LogP contribution >= 0.6 is 0 Å². The zero-order valence-corrected chi connectivity index (χ0v) is 16.6. The van der Waals surface area contributed by atoms with Crippen molar-refractivity contribution in [2.75, 3.05) is 32.7 Å². The number of amides is 2. The number of carbonyl (C=O) groups excluding carboxylic acids is 2. The fourth-order valence-electron chi connectivity index (χ4n) is 3.50. The van der Waals surface area contributed by atoms with Gasteiger partial charge in [-0.15, -0.1) is 0 Å². The van der Waals surface area contributed by atoms with Crippen molar-refractivity contribution in [2.45, 2.75) is 25.8 Å². The average molecular weight is 397 g/mol. The molecule has 2 aromatic rings. The van der Waals surface area contributed by atoms with E-state index in [1.54, 1.807) is 12.1 Å². The second-order valence-corrected chi connectivity index (χ2v) is 7.37. The third kappa shape index (κ3) is 6.98. The zero-order chi connectivity index (χ0) is 20.5. The van der Waals surface area contributed by atoms with Crippen LogP contribution < -0.4 is 5.32 Å². The molecular formula is C23H28FN3O2. The van der Waals surface area contributed by atoms with Crippen LogP contribution in [0.15, 0.2) is 54.6 Å². The molecule has 6 heteroatoms. The van der Waals surface area contributed by atoms with Crippen LogP contribution in [0, 0.1) is 5.82 Å². The minimum Gasteiger partial charge on any atom is -0.356 e. The SMILES string of the molecule is O=C(CCc1cccc(F)c1)NCCC(=O)N1CCN(Cc2ccccc2)CC1. The number of nitrogens with one attached hydrogen (secondary N) is 1. The molecule has 1 saturated heterocycles. The van der Waals surface area contributed by atoms with E-state index in [1.165, 1.54) is 17.7 Å². The van der Waals surface area contributed by atoms with E-state index in [9.17, 15) is 14.0 Å². The van der Waals surface area contributed by atoms with Gasteiger partial charge in [-0.05, 0) is 29.7 Å². The molecule has 0 aromatic heterocycles. The number of rotatable bonds is 8. The molecule has 0 spiro atoms. The maximum atomic E-state index is 13.1. The number of aryl methyl sites for hydroxylation is 1. The Morgan fingerprint density at radius 2 is 1.62 bits per heavy atom. The third-order valence-electron chi connectivity index (χ3n) is 5.16. The summed E-state index contributed by atoms with van der Waals surface area (Å²) >= 11 is 0. The fourth-order valence-corrected chi connectivity index (χ4v) is 3.50. The molecular weight excluding hydrogens is 369 g/mol. The zero-order valence-electron chi connectivity index (χ0n) is 16.6. The smallest absolute Gasteiger partial charge is 0.224 e. The first-order chi connectivity index (χ1) is 14.1. The van der Waals surface area contributed by atoms with Gasteiger partial charge in [0.2, 0.25) is 11.8 Å². The predicted molar refractivity (Wildman–Crippen MR) is 111 cm³/mol. The maximum Gasteiger partial charge on any atom is 0.224 e. The van der Waals surface area contributed by atoms with Gasteiger partial charge in [0.15, 0.2) is 0 Å². The number of nitrogens with zero attached hydrogens (tertiary/aromatic N) is 2. The summed E-state index contributed by atoms with van der Waals surface area (Å²) in [6.45, 7) is 4.41. The van der Waals surface area contributed by atoms with Gasteiger partial charge in [-0.2, -0.15) is 0 Å². The number of piperazine rings is 1. The summed E-state index contributed by atoms with van der Waals surface area (Å²) in [6.07, 6.45) is 1.08. The van der Waals surface area contributed by atoms with Crippen LogP contribution in [0.2, 0.25) is 0 Å². The number of hydrogen-bond donors (Lipinski definition) is 1. The van der Waals surface area contributed by atoms with Gasteiger partial charge in [0, 0.05) is 52.1 Å². The molecule has 1 N–H and O–H groups in total. The van der Waals surface area contributed by atoms with E-state index >= 15 is 0 Å². The van der Waals surface area contributed by atoms with E-state index < -0.39 is 0 Å². The van der Waals surface area contributed by atoms with E-state index in [-0.39, 0.29) is 24.1 Å². The molecule has 0 bridgehead atoms. The lowest BCUT2D eigenvalue weighted by molar-refractivity contribution is -0.133. The van der Waals surface area contributed by atoms with Crippen molar-refractivity contribution in [3.05, 3.63) is 71.5 Å². The Hall–Kier alpha value is -2.73. The van der Waals surface area contributed by atoms with Crippen molar-refractivity contribution in [1.82, 2.24) is 15.1 Å². The van der Waals surface area contributed by atoms with E-state index in [2.05, 4.69) is 22.3 Å². The van der Waals surface area contributed by atoms with Crippen molar-refractivity contribution in [1.29, 1.82) is 0 Å². The lowest BCUT2D eigenvalue weighted by Gasteiger charge is -2.34. The summed E-state index contributed by atoms with van der Waals surface area (Å²) in [6, 6.07) is 16.6. The Balaban J connectivity index is 1.30. The summed E-state index contributed by atoms with van der Waals surface area (Å²) in [5.74, 6) is -0.332. The van der Waals surface area contributed by atoms with Crippen molar-refractivity contribution < 1.29 is 14.0 Å². The molecule has 154 valence electrons. The van der Waals surface area contributed by atoms with E-state index in [4.69, 9.17) is 0 Å². The van der Waals surface area contributed by atoms with Gasteiger partial charge in [-0.25, -0.2) is 4.39 Å². The molecule has 1 aliphatic heterocycles. The van der Waals surface area contributed by atoms with Crippen LogP contribution in [0.3, 0.4) is 0 Å². The van der Waals surface area contributed by atoms with Gasteiger partial charge in [0.05, 0.1) is 0 Å². The molecule has 1 heterocycles. The molecule has 3 rings (SSSR count). The number of halogens is 1. The second-order valence-electron chi connectivity index (χ2n) is 7.37. The van der Waals surface area contributed by atoms with Gasteiger partial charge in [0.1, 0.15) is 5.82 Å². The van der Waals surface area contributed by atoms with E-state index in [1.807, 2.05) is 23.1 Å².